The largest absolute Gasteiger partial charge is 0.480 e. The van der Waals surface area contributed by atoms with E-state index < -0.39 is 23.6 Å². The van der Waals surface area contributed by atoms with Crippen molar-refractivity contribution in [1.29, 1.82) is 0 Å². The average molecular weight is 471 g/mol. The third-order valence-electron chi connectivity index (χ3n) is 5.09. The molecule has 2 N–H and O–H groups in total. The number of amides is 1. The number of rotatable bonds is 8. The monoisotopic (exact) mass is 470 g/mol. The molecule has 0 saturated carbocycles. The molecular weight excluding hydrogens is 439 g/mol. The van der Waals surface area contributed by atoms with E-state index in [1.165, 1.54) is 12.0 Å². The van der Waals surface area contributed by atoms with Crippen molar-refractivity contribution in [2.45, 2.75) is 59.6 Å². The molecular formula is C22H32ClFN4O4. The Morgan fingerprint density at radius 3 is 2.47 bits per heavy atom. The summed E-state index contributed by atoms with van der Waals surface area (Å²) in [5.41, 5.74) is 0.583. The summed E-state index contributed by atoms with van der Waals surface area (Å²) < 4.78 is 25.7. The number of anilines is 1. The Morgan fingerprint density at radius 1 is 1.28 bits per heavy atom. The predicted molar refractivity (Wildman–Crippen MR) is 123 cm³/mol. The van der Waals surface area contributed by atoms with Gasteiger partial charge in [0, 0.05) is 24.2 Å². The fraction of sp³-hybridized carbons (Fsp3) is 0.591. The van der Waals surface area contributed by atoms with Gasteiger partial charge in [-0.2, -0.15) is 4.98 Å². The van der Waals surface area contributed by atoms with Gasteiger partial charge >= 0.3 is 6.09 Å². The maximum absolute atomic E-state index is 14.8. The molecule has 10 heteroatoms. The number of methoxy groups -OCH3 is 1. The molecule has 2 aromatic heterocycles. The van der Waals surface area contributed by atoms with E-state index in [4.69, 9.17) is 21.1 Å². The van der Waals surface area contributed by atoms with Crippen molar-refractivity contribution >= 4 is 34.3 Å². The molecule has 1 atom stereocenters. The Hall–Kier alpha value is -2.39. The van der Waals surface area contributed by atoms with Crippen LogP contribution < -0.4 is 10.1 Å². The zero-order valence-electron chi connectivity index (χ0n) is 19.7. The van der Waals surface area contributed by atoms with E-state index in [1.54, 1.807) is 34.6 Å². The van der Waals surface area contributed by atoms with Gasteiger partial charge < -0.3 is 24.8 Å². The minimum absolute atomic E-state index is 0.148. The van der Waals surface area contributed by atoms with E-state index >= 15 is 0 Å². The highest BCUT2D eigenvalue weighted by Gasteiger charge is 2.27. The van der Waals surface area contributed by atoms with Gasteiger partial charge in [0.1, 0.15) is 11.4 Å². The summed E-state index contributed by atoms with van der Waals surface area (Å²) in [5, 5.41) is 13.3. The molecule has 0 radical (unpaired) electrons. The molecule has 0 aliphatic heterocycles. The number of fused-ring (bicyclic) bond motifs is 1. The minimum Gasteiger partial charge on any atom is -0.480 e. The molecule has 2 heterocycles. The van der Waals surface area contributed by atoms with Crippen LogP contribution in [0, 0.1) is 19.7 Å². The van der Waals surface area contributed by atoms with Gasteiger partial charge in [0.15, 0.2) is 11.0 Å². The maximum Gasteiger partial charge on any atom is 0.410 e. The first-order valence-corrected chi connectivity index (χ1v) is 10.9. The highest BCUT2D eigenvalue weighted by molar-refractivity contribution is 6.30. The Kier molecular flexibility index (Phi) is 8.47. The van der Waals surface area contributed by atoms with E-state index in [1.807, 2.05) is 6.92 Å². The third-order valence-corrected chi connectivity index (χ3v) is 5.34. The molecule has 0 bridgehead atoms. The summed E-state index contributed by atoms with van der Waals surface area (Å²) in [6.45, 7) is 11.1. The number of nitrogens with one attached hydrogen (secondary N) is 1. The van der Waals surface area contributed by atoms with Crippen LogP contribution in [0.25, 0.3) is 10.8 Å². The average Bonchev–Trinajstić information content (AvgIpc) is 2.71. The van der Waals surface area contributed by atoms with Gasteiger partial charge in [0.25, 0.3) is 0 Å². The van der Waals surface area contributed by atoms with Crippen LogP contribution in [0.4, 0.5) is 15.0 Å². The van der Waals surface area contributed by atoms with Gasteiger partial charge in [0.2, 0.25) is 5.88 Å². The summed E-state index contributed by atoms with van der Waals surface area (Å²) in [4.78, 5) is 22.7. The van der Waals surface area contributed by atoms with Crippen LogP contribution in [-0.2, 0) is 4.74 Å². The first-order valence-electron chi connectivity index (χ1n) is 10.5. The molecule has 0 aromatic carbocycles. The van der Waals surface area contributed by atoms with Gasteiger partial charge in [0.05, 0.1) is 25.1 Å². The van der Waals surface area contributed by atoms with Crippen LogP contribution in [0.5, 0.6) is 5.88 Å². The van der Waals surface area contributed by atoms with Gasteiger partial charge in [-0.05, 0) is 46.6 Å². The molecule has 0 fully saturated rings. The van der Waals surface area contributed by atoms with E-state index in [9.17, 15) is 14.3 Å². The minimum atomic E-state index is -0.668. The normalized spacial score (nSPS) is 12.6. The van der Waals surface area contributed by atoms with Gasteiger partial charge in [-0.15, -0.1) is 0 Å². The van der Waals surface area contributed by atoms with Crippen LogP contribution in [-0.4, -0.2) is 64.5 Å². The van der Waals surface area contributed by atoms with Crippen molar-refractivity contribution in [3.63, 3.8) is 0 Å². The molecule has 8 nitrogen and oxygen atoms in total. The van der Waals surface area contributed by atoms with Crippen LogP contribution in [0.15, 0.2) is 0 Å². The standard InChI is InChI=1S/C22H32ClFN4O4/c1-8-14(11-29)28(21(30)32-22(4,5)6)10-9-25-19-16-15(12(2)13(3)26-19)17(24)18(23)27-20(16)31-7/h14,29H,8-11H2,1-7H3,(H,25,26). The topological polar surface area (TPSA) is 96.8 Å². The number of aromatic nitrogens is 2. The Morgan fingerprint density at radius 2 is 1.94 bits per heavy atom. The summed E-state index contributed by atoms with van der Waals surface area (Å²) in [6.07, 6.45) is 0.0392. The number of carbonyl (C=O) groups excluding carboxylic acids is 1. The number of aliphatic hydroxyl groups excluding tert-OH is 1. The molecule has 32 heavy (non-hydrogen) atoms. The van der Waals surface area contributed by atoms with Crippen molar-refractivity contribution in [2.24, 2.45) is 0 Å². The van der Waals surface area contributed by atoms with Gasteiger partial charge in [-0.1, -0.05) is 18.5 Å². The third kappa shape index (κ3) is 5.69. The highest BCUT2D eigenvalue weighted by atomic mass is 35.5. The molecule has 1 amide bonds. The fourth-order valence-corrected chi connectivity index (χ4v) is 3.51. The number of aliphatic hydroxyl groups is 1. The smallest absolute Gasteiger partial charge is 0.410 e. The Bertz CT molecular complexity index is 969. The number of nitrogens with zero attached hydrogens (tertiary/aromatic N) is 3. The zero-order valence-corrected chi connectivity index (χ0v) is 20.4. The highest BCUT2D eigenvalue weighted by Crippen LogP contribution is 2.37. The number of halogens is 2. The lowest BCUT2D eigenvalue weighted by Crippen LogP contribution is -2.46. The van der Waals surface area contributed by atoms with E-state index in [0.29, 0.717) is 28.9 Å². The quantitative estimate of drug-likeness (QED) is 0.549. The van der Waals surface area contributed by atoms with Crippen molar-refractivity contribution in [3.05, 3.63) is 22.2 Å². The second-order valence-electron chi connectivity index (χ2n) is 8.49. The maximum atomic E-state index is 14.8. The van der Waals surface area contributed by atoms with Crippen molar-refractivity contribution in [2.75, 3.05) is 32.1 Å². The number of pyridine rings is 2. The molecule has 1 unspecified atom stereocenters. The second-order valence-corrected chi connectivity index (χ2v) is 8.85. The lowest BCUT2D eigenvalue weighted by Gasteiger charge is -2.32. The molecule has 0 saturated heterocycles. The van der Waals surface area contributed by atoms with Crippen LogP contribution >= 0.6 is 11.6 Å². The number of hydrogen-bond donors (Lipinski definition) is 2. The van der Waals surface area contributed by atoms with Crippen LogP contribution in [0.3, 0.4) is 0 Å². The molecule has 0 aliphatic carbocycles. The number of carbonyl (C=O) groups is 1. The first kappa shape index (κ1) is 25.9. The summed E-state index contributed by atoms with van der Waals surface area (Å²) >= 11 is 5.96. The molecule has 2 rings (SSSR count). The number of ether oxygens (including phenoxy) is 2. The Balaban J connectivity index is 2.38. The van der Waals surface area contributed by atoms with Crippen molar-refractivity contribution in [3.8, 4) is 5.88 Å². The number of aryl methyl sites for hydroxylation is 2. The van der Waals surface area contributed by atoms with E-state index in [0.717, 1.165) is 0 Å². The Labute approximate surface area is 193 Å². The van der Waals surface area contributed by atoms with Crippen LogP contribution in [0.1, 0.15) is 45.4 Å². The van der Waals surface area contributed by atoms with E-state index in [-0.39, 0.29) is 36.1 Å². The van der Waals surface area contributed by atoms with Gasteiger partial charge in [-0.3, -0.25) is 0 Å². The lowest BCUT2D eigenvalue weighted by molar-refractivity contribution is 0.00983. The number of hydrogen-bond acceptors (Lipinski definition) is 7. The lowest BCUT2D eigenvalue weighted by atomic mass is 10.1. The molecule has 178 valence electrons. The summed E-state index contributed by atoms with van der Waals surface area (Å²) in [6, 6.07) is -0.399. The SMILES string of the molecule is CCC(CO)N(CCNc1nc(C)c(C)c2c(F)c(Cl)nc(OC)c12)C(=O)OC(C)(C)C. The van der Waals surface area contributed by atoms with Crippen LogP contribution in [0.2, 0.25) is 5.15 Å². The van der Waals surface area contributed by atoms with Gasteiger partial charge in [-0.25, -0.2) is 14.2 Å². The summed E-state index contributed by atoms with van der Waals surface area (Å²) in [7, 11) is 1.42. The first-order chi connectivity index (χ1) is 14.9. The second kappa shape index (κ2) is 10.5. The van der Waals surface area contributed by atoms with E-state index in [2.05, 4.69) is 15.3 Å². The molecule has 0 aliphatic rings. The zero-order chi connectivity index (χ0) is 24.2. The molecule has 0 spiro atoms. The van der Waals surface area contributed by atoms with Crippen molar-refractivity contribution in [1.82, 2.24) is 14.9 Å². The molecule has 2 aromatic rings. The predicted octanol–water partition coefficient (Wildman–Crippen LogP) is 4.47. The fourth-order valence-electron chi connectivity index (χ4n) is 3.34. The van der Waals surface area contributed by atoms with Crippen molar-refractivity contribution < 1.29 is 23.8 Å². The summed E-state index contributed by atoms with van der Waals surface area (Å²) in [5.74, 6) is -0.130.